The van der Waals surface area contributed by atoms with Crippen molar-refractivity contribution >= 4 is 76.8 Å². The maximum absolute atomic E-state index is 11.1. The van der Waals surface area contributed by atoms with Gasteiger partial charge in [0, 0.05) is 36.2 Å². The number of benzene rings is 9. The van der Waals surface area contributed by atoms with Crippen molar-refractivity contribution in [2.24, 2.45) is 0 Å². The predicted molar refractivity (Wildman–Crippen MR) is 250 cm³/mol. The maximum atomic E-state index is 11.1. The van der Waals surface area contributed by atoms with Gasteiger partial charge in [-0.15, -0.1) is 0 Å². The number of pyridine rings is 1. The number of hydrogen-bond acceptors (Lipinski definition) is 2. The first-order chi connectivity index (χ1) is 28.6. The van der Waals surface area contributed by atoms with Gasteiger partial charge in [0.05, 0.1) is 33.5 Å². The van der Waals surface area contributed by atoms with Crippen molar-refractivity contribution in [3.8, 4) is 56.4 Å². The van der Waals surface area contributed by atoms with Crippen molar-refractivity contribution in [1.82, 2.24) is 9.55 Å². The van der Waals surface area contributed by atoms with E-state index in [1.165, 1.54) is 16.5 Å². The Balaban J connectivity index is 1.18. The van der Waals surface area contributed by atoms with E-state index in [1.807, 2.05) is 6.07 Å². The van der Waals surface area contributed by atoms with Crippen LogP contribution in [0.1, 0.15) is 5.56 Å². The van der Waals surface area contributed by atoms with E-state index in [1.54, 1.807) is 0 Å². The molecule has 0 saturated carbocycles. The van der Waals surface area contributed by atoms with Crippen molar-refractivity contribution in [2.45, 2.75) is 0 Å². The van der Waals surface area contributed by atoms with Crippen LogP contribution in [0.25, 0.3) is 105 Å². The first-order valence-electron chi connectivity index (χ1n) is 19.4. The third-order valence-corrected chi connectivity index (χ3v) is 12.5. The molecular weight excluding hydrogens is 818 g/mol. The molecule has 0 spiro atoms. The van der Waals surface area contributed by atoms with Gasteiger partial charge in [-0.05, 0) is 103 Å². The molecule has 9 aromatic carbocycles. The number of nitriles is 1. The SMILES string of the molecule is N#Cc1cc(-c2nc3ccc(-c4ccccc4)cc3c(-c3ccc(-c4ccccc4)cc3)c2I)c2ccccc2c1-n1c2ccccc2c2cc3ccccc3cc21. The van der Waals surface area contributed by atoms with Crippen LogP contribution in [0.3, 0.4) is 0 Å². The largest absolute Gasteiger partial charge is 0.307 e. The minimum absolute atomic E-state index is 0.593. The highest BCUT2D eigenvalue weighted by atomic mass is 127. The highest BCUT2D eigenvalue weighted by molar-refractivity contribution is 14.1. The van der Waals surface area contributed by atoms with E-state index in [-0.39, 0.29) is 0 Å². The third kappa shape index (κ3) is 5.50. The van der Waals surface area contributed by atoms with E-state index in [0.29, 0.717) is 5.56 Å². The lowest BCUT2D eigenvalue weighted by atomic mass is 9.92. The molecule has 4 heteroatoms. The topological polar surface area (TPSA) is 41.6 Å². The first-order valence-corrected chi connectivity index (χ1v) is 20.5. The van der Waals surface area contributed by atoms with Crippen LogP contribution in [0, 0.1) is 14.9 Å². The second-order valence-electron chi connectivity index (χ2n) is 14.7. The van der Waals surface area contributed by atoms with Crippen LogP contribution in [0.4, 0.5) is 0 Å². The Kier molecular flexibility index (Phi) is 8.16. The Morgan fingerprint density at radius 2 is 1.02 bits per heavy atom. The minimum Gasteiger partial charge on any atom is -0.307 e. The summed E-state index contributed by atoms with van der Waals surface area (Å²) >= 11 is 2.50. The zero-order valence-corrected chi connectivity index (χ0v) is 33.4. The van der Waals surface area contributed by atoms with Gasteiger partial charge in [0.15, 0.2) is 0 Å². The standard InChI is InChI=1S/C54H32IN3/c55-52-51(37-25-23-36(24-26-37)34-13-3-1-4-14-34)47-30-40(35-15-5-2-6-16-35)27-28-48(47)57-53(52)46-31-41(33-56)54(44-21-10-9-19-42(44)46)58-49-22-12-11-20-43(49)45-29-38-17-7-8-18-39(38)32-50(45)58/h1-32H. The Bertz CT molecular complexity index is 3450. The van der Waals surface area contributed by atoms with Gasteiger partial charge in [0.25, 0.3) is 0 Å². The number of rotatable bonds is 5. The summed E-state index contributed by atoms with van der Waals surface area (Å²) in [6.07, 6.45) is 0. The minimum atomic E-state index is 0.593. The molecule has 0 fully saturated rings. The van der Waals surface area contributed by atoms with Gasteiger partial charge >= 0.3 is 0 Å². The molecule has 0 amide bonds. The lowest BCUT2D eigenvalue weighted by Gasteiger charge is -2.19. The second-order valence-corrected chi connectivity index (χ2v) is 15.8. The summed E-state index contributed by atoms with van der Waals surface area (Å²) in [7, 11) is 0. The van der Waals surface area contributed by atoms with Gasteiger partial charge in [-0.1, -0.05) is 158 Å². The fourth-order valence-corrected chi connectivity index (χ4v) is 9.76. The van der Waals surface area contributed by atoms with Crippen LogP contribution in [0.5, 0.6) is 0 Å². The van der Waals surface area contributed by atoms with Gasteiger partial charge in [0.2, 0.25) is 0 Å². The quantitative estimate of drug-likeness (QED) is 0.162. The molecule has 0 saturated heterocycles. The number of aromatic nitrogens is 2. The van der Waals surface area contributed by atoms with Crippen LogP contribution in [-0.4, -0.2) is 9.55 Å². The summed E-state index contributed by atoms with van der Waals surface area (Å²) in [5.74, 6) is 0. The van der Waals surface area contributed by atoms with Crippen LogP contribution < -0.4 is 0 Å². The van der Waals surface area contributed by atoms with Gasteiger partial charge in [-0.2, -0.15) is 5.26 Å². The Morgan fingerprint density at radius 1 is 0.448 bits per heavy atom. The molecule has 0 N–H and O–H groups in total. The molecule has 0 atom stereocenters. The summed E-state index contributed by atoms with van der Waals surface area (Å²) in [5, 5.41) is 18.9. The molecule has 0 unspecified atom stereocenters. The van der Waals surface area contributed by atoms with E-state index < -0.39 is 0 Å². The van der Waals surface area contributed by atoms with Crippen LogP contribution in [-0.2, 0) is 0 Å². The van der Waals surface area contributed by atoms with E-state index in [9.17, 15) is 5.26 Å². The van der Waals surface area contributed by atoms with Gasteiger partial charge < -0.3 is 4.57 Å². The van der Waals surface area contributed by atoms with E-state index >= 15 is 0 Å². The Morgan fingerprint density at radius 3 is 1.74 bits per heavy atom. The molecule has 0 aliphatic heterocycles. The highest BCUT2D eigenvalue weighted by Gasteiger charge is 2.24. The lowest BCUT2D eigenvalue weighted by molar-refractivity contribution is 1.19. The van der Waals surface area contributed by atoms with Crippen LogP contribution >= 0.6 is 22.6 Å². The Hall–Kier alpha value is -7.07. The summed E-state index contributed by atoms with van der Waals surface area (Å²) in [5.41, 5.74) is 13.2. The molecule has 0 bridgehead atoms. The van der Waals surface area contributed by atoms with Crippen molar-refractivity contribution in [3.63, 3.8) is 0 Å². The van der Waals surface area contributed by atoms with E-state index in [0.717, 1.165) is 91.6 Å². The predicted octanol–water partition coefficient (Wildman–Crippen LogP) is 14.8. The molecule has 270 valence electrons. The fraction of sp³-hybridized carbons (Fsp3) is 0. The summed E-state index contributed by atoms with van der Waals surface area (Å²) in [6, 6.07) is 71.2. The number of halogens is 1. The van der Waals surface area contributed by atoms with Gasteiger partial charge in [0.1, 0.15) is 6.07 Å². The van der Waals surface area contributed by atoms with Gasteiger partial charge in [-0.25, -0.2) is 4.98 Å². The summed E-state index contributed by atoms with van der Waals surface area (Å²) in [4.78, 5) is 5.46. The number of fused-ring (bicyclic) bond motifs is 6. The third-order valence-electron chi connectivity index (χ3n) is 11.5. The Labute approximate surface area is 349 Å². The molecule has 2 heterocycles. The molecule has 0 aliphatic rings. The summed E-state index contributed by atoms with van der Waals surface area (Å²) in [6.45, 7) is 0. The smallest absolute Gasteiger partial charge is 0.101 e. The highest BCUT2D eigenvalue weighted by Crippen LogP contribution is 2.45. The molecule has 0 radical (unpaired) electrons. The monoisotopic (exact) mass is 849 g/mol. The van der Waals surface area contributed by atoms with Crippen LogP contribution in [0.15, 0.2) is 194 Å². The zero-order chi connectivity index (χ0) is 38.7. The van der Waals surface area contributed by atoms with Crippen molar-refractivity contribution in [2.75, 3.05) is 0 Å². The van der Waals surface area contributed by atoms with Crippen LogP contribution in [0.2, 0.25) is 0 Å². The lowest BCUT2D eigenvalue weighted by Crippen LogP contribution is -2.02. The maximum Gasteiger partial charge on any atom is 0.101 e. The van der Waals surface area contributed by atoms with E-state index in [2.05, 4.69) is 221 Å². The van der Waals surface area contributed by atoms with Crippen molar-refractivity contribution in [1.29, 1.82) is 5.26 Å². The molecule has 58 heavy (non-hydrogen) atoms. The molecule has 0 aliphatic carbocycles. The molecule has 2 aromatic heterocycles. The number of nitrogens with zero attached hydrogens (tertiary/aromatic N) is 3. The normalized spacial score (nSPS) is 11.5. The average Bonchev–Trinajstić information content (AvgIpc) is 3.60. The molecular formula is C54H32IN3. The summed E-state index contributed by atoms with van der Waals surface area (Å²) < 4.78 is 3.33. The fourth-order valence-electron chi connectivity index (χ4n) is 8.75. The first kappa shape index (κ1) is 34.2. The second kappa shape index (κ2) is 13.8. The molecule has 11 rings (SSSR count). The molecule has 3 nitrogen and oxygen atoms in total. The van der Waals surface area contributed by atoms with Gasteiger partial charge in [-0.3, -0.25) is 0 Å². The van der Waals surface area contributed by atoms with E-state index in [4.69, 9.17) is 4.98 Å². The average molecular weight is 850 g/mol. The zero-order valence-electron chi connectivity index (χ0n) is 31.2. The van der Waals surface area contributed by atoms with Crippen molar-refractivity contribution < 1.29 is 0 Å². The van der Waals surface area contributed by atoms with Crippen molar-refractivity contribution in [3.05, 3.63) is 203 Å². The number of para-hydroxylation sites is 1. The number of hydrogen-bond donors (Lipinski definition) is 0. The molecule has 11 aromatic rings.